The monoisotopic (exact) mass is 268 g/mol. The lowest BCUT2D eigenvalue weighted by atomic mass is 10.1. The molecule has 1 N–H and O–H groups in total. The zero-order chi connectivity index (χ0) is 13.8. The van der Waals surface area contributed by atoms with Gasteiger partial charge < -0.3 is 5.32 Å². The van der Waals surface area contributed by atoms with E-state index in [1.807, 2.05) is 30.6 Å². The minimum atomic E-state index is 0.470. The molecule has 0 aromatic carbocycles. The number of aromatic nitrogens is 2. The van der Waals surface area contributed by atoms with Gasteiger partial charge in [-0.3, -0.25) is 9.88 Å². The predicted molar refractivity (Wildman–Crippen MR) is 80.4 cm³/mol. The Bertz CT molecular complexity index is 555. The molecular formula is C16H20N4. The van der Waals surface area contributed by atoms with Gasteiger partial charge in [0.25, 0.3) is 0 Å². The van der Waals surface area contributed by atoms with Crippen LogP contribution < -0.4 is 5.32 Å². The fraction of sp³-hybridized carbons (Fsp3) is 0.375. The minimum Gasteiger partial charge on any atom is -0.366 e. The molecule has 2 aromatic heterocycles. The van der Waals surface area contributed by atoms with E-state index in [1.165, 1.54) is 30.6 Å². The summed E-state index contributed by atoms with van der Waals surface area (Å²) in [4.78, 5) is 11.2. The van der Waals surface area contributed by atoms with Gasteiger partial charge in [0.15, 0.2) is 0 Å². The standard InChI is InChI=1S/C16H20N4/c1-20-11-3-5-15(20)14-4-2-6-16(19-14)18-12-13-7-9-17-10-8-13/h2,4,6-10,15H,3,5,11-12H2,1H3,(H,18,19). The van der Waals surface area contributed by atoms with Crippen LogP contribution in [0.4, 0.5) is 5.82 Å². The second kappa shape index (κ2) is 6.01. The fourth-order valence-corrected chi connectivity index (χ4v) is 2.71. The SMILES string of the molecule is CN1CCCC1c1cccc(NCc2ccncc2)n1. The van der Waals surface area contributed by atoms with E-state index in [0.29, 0.717) is 6.04 Å². The van der Waals surface area contributed by atoms with Crippen LogP contribution in [0.1, 0.15) is 30.1 Å². The summed E-state index contributed by atoms with van der Waals surface area (Å²) in [7, 11) is 2.18. The number of hydrogen-bond acceptors (Lipinski definition) is 4. The highest BCUT2D eigenvalue weighted by atomic mass is 15.2. The van der Waals surface area contributed by atoms with Crippen molar-refractivity contribution in [3.63, 3.8) is 0 Å². The molecular weight excluding hydrogens is 248 g/mol. The van der Waals surface area contributed by atoms with Crippen LogP contribution in [0.15, 0.2) is 42.7 Å². The molecule has 3 heterocycles. The van der Waals surface area contributed by atoms with Gasteiger partial charge in [-0.2, -0.15) is 0 Å². The van der Waals surface area contributed by atoms with E-state index >= 15 is 0 Å². The van der Waals surface area contributed by atoms with Gasteiger partial charge in [-0.25, -0.2) is 4.98 Å². The molecule has 1 fully saturated rings. The van der Waals surface area contributed by atoms with E-state index in [0.717, 1.165) is 12.4 Å². The van der Waals surface area contributed by atoms with E-state index in [1.54, 1.807) is 0 Å². The molecule has 0 radical (unpaired) electrons. The quantitative estimate of drug-likeness (QED) is 0.925. The van der Waals surface area contributed by atoms with Gasteiger partial charge in [0.05, 0.1) is 11.7 Å². The maximum absolute atomic E-state index is 4.75. The zero-order valence-electron chi connectivity index (χ0n) is 11.8. The van der Waals surface area contributed by atoms with Gasteiger partial charge in [0.2, 0.25) is 0 Å². The van der Waals surface area contributed by atoms with E-state index in [-0.39, 0.29) is 0 Å². The lowest BCUT2D eigenvalue weighted by molar-refractivity contribution is 0.312. The van der Waals surface area contributed by atoms with E-state index in [9.17, 15) is 0 Å². The van der Waals surface area contributed by atoms with Crippen LogP contribution in [0, 0.1) is 0 Å². The Balaban J connectivity index is 1.68. The second-order valence-electron chi connectivity index (χ2n) is 5.30. The number of hydrogen-bond donors (Lipinski definition) is 1. The average Bonchev–Trinajstić information content (AvgIpc) is 2.93. The van der Waals surface area contributed by atoms with Crippen LogP contribution >= 0.6 is 0 Å². The predicted octanol–water partition coefficient (Wildman–Crippen LogP) is 2.86. The summed E-state index contributed by atoms with van der Waals surface area (Å²) in [5.74, 6) is 0.944. The second-order valence-corrected chi connectivity index (χ2v) is 5.30. The van der Waals surface area contributed by atoms with E-state index in [2.05, 4.69) is 34.4 Å². The molecule has 4 heteroatoms. The number of nitrogens with one attached hydrogen (secondary N) is 1. The first-order chi connectivity index (χ1) is 9.83. The number of nitrogens with zero attached hydrogens (tertiary/aromatic N) is 3. The number of likely N-dealkylation sites (tertiary alicyclic amines) is 1. The number of anilines is 1. The number of rotatable bonds is 4. The van der Waals surface area contributed by atoms with Crippen LogP contribution in [0.5, 0.6) is 0 Å². The molecule has 0 spiro atoms. The van der Waals surface area contributed by atoms with Gasteiger partial charge in [-0.05, 0) is 56.3 Å². The Kier molecular flexibility index (Phi) is 3.92. The fourth-order valence-electron chi connectivity index (χ4n) is 2.71. The average molecular weight is 268 g/mol. The molecule has 3 rings (SSSR count). The molecule has 0 aliphatic carbocycles. The third-order valence-electron chi connectivity index (χ3n) is 3.86. The summed E-state index contributed by atoms with van der Waals surface area (Å²) in [5, 5.41) is 3.38. The van der Waals surface area contributed by atoms with Crippen molar-refractivity contribution in [3.05, 3.63) is 54.0 Å². The van der Waals surface area contributed by atoms with Crippen LogP contribution in [0.25, 0.3) is 0 Å². The van der Waals surface area contributed by atoms with Crippen molar-refractivity contribution in [2.45, 2.75) is 25.4 Å². The van der Waals surface area contributed by atoms with Gasteiger partial charge in [0.1, 0.15) is 5.82 Å². The molecule has 0 bridgehead atoms. The lowest BCUT2D eigenvalue weighted by Gasteiger charge is -2.19. The Morgan fingerprint density at radius 3 is 2.85 bits per heavy atom. The van der Waals surface area contributed by atoms with Crippen LogP contribution in [0.2, 0.25) is 0 Å². The topological polar surface area (TPSA) is 41.0 Å². The highest BCUT2D eigenvalue weighted by molar-refractivity contribution is 5.37. The summed E-state index contributed by atoms with van der Waals surface area (Å²) in [6.07, 6.45) is 6.09. The van der Waals surface area contributed by atoms with E-state index < -0.39 is 0 Å². The first-order valence-electron chi connectivity index (χ1n) is 7.13. The van der Waals surface area contributed by atoms with Gasteiger partial charge >= 0.3 is 0 Å². The minimum absolute atomic E-state index is 0.470. The van der Waals surface area contributed by atoms with Gasteiger partial charge in [-0.15, -0.1) is 0 Å². The summed E-state index contributed by atoms with van der Waals surface area (Å²) in [6.45, 7) is 1.94. The lowest BCUT2D eigenvalue weighted by Crippen LogP contribution is -2.18. The highest BCUT2D eigenvalue weighted by Crippen LogP contribution is 2.29. The summed E-state index contributed by atoms with van der Waals surface area (Å²) in [6, 6.07) is 10.7. The molecule has 1 aliphatic rings. The molecule has 2 aromatic rings. The van der Waals surface area contributed by atoms with Crippen LogP contribution in [-0.4, -0.2) is 28.5 Å². The number of pyridine rings is 2. The molecule has 1 saturated heterocycles. The molecule has 1 atom stereocenters. The van der Waals surface area contributed by atoms with Crippen molar-refractivity contribution < 1.29 is 0 Å². The van der Waals surface area contributed by atoms with E-state index in [4.69, 9.17) is 4.98 Å². The summed E-state index contributed by atoms with van der Waals surface area (Å²) in [5.41, 5.74) is 2.38. The highest BCUT2D eigenvalue weighted by Gasteiger charge is 2.23. The Hall–Kier alpha value is -1.94. The maximum atomic E-state index is 4.75. The Morgan fingerprint density at radius 1 is 1.25 bits per heavy atom. The summed E-state index contributed by atoms with van der Waals surface area (Å²) >= 11 is 0. The molecule has 4 nitrogen and oxygen atoms in total. The van der Waals surface area contributed by atoms with Gasteiger partial charge in [0, 0.05) is 18.9 Å². The van der Waals surface area contributed by atoms with Crippen molar-refractivity contribution >= 4 is 5.82 Å². The molecule has 0 amide bonds. The summed E-state index contributed by atoms with van der Waals surface area (Å²) < 4.78 is 0. The molecule has 1 unspecified atom stereocenters. The van der Waals surface area contributed by atoms with Crippen molar-refractivity contribution in [2.24, 2.45) is 0 Å². The van der Waals surface area contributed by atoms with Crippen LogP contribution in [0.3, 0.4) is 0 Å². The molecule has 0 saturated carbocycles. The maximum Gasteiger partial charge on any atom is 0.126 e. The third-order valence-corrected chi connectivity index (χ3v) is 3.86. The Labute approximate surface area is 119 Å². The van der Waals surface area contributed by atoms with Crippen molar-refractivity contribution in [3.8, 4) is 0 Å². The van der Waals surface area contributed by atoms with Crippen molar-refractivity contribution in [1.29, 1.82) is 0 Å². The molecule has 20 heavy (non-hydrogen) atoms. The molecule has 1 aliphatic heterocycles. The van der Waals surface area contributed by atoms with Crippen molar-refractivity contribution in [2.75, 3.05) is 18.9 Å². The first kappa shape index (κ1) is 13.1. The largest absolute Gasteiger partial charge is 0.366 e. The first-order valence-corrected chi connectivity index (χ1v) is 7.13. The van der Waals surface area contributed by atoms with Crippen molar-refractivity contribution in [1.82, 2.24) is 14.9 Å². The zero-order valence-corrected chi connectivity index (χ0v) is 11.8. The Morgan fingerprint density at radius 2 is 2.10 bits per heavy atom. The third kappa shape index (κ3) is 2.96. The van der Waals surface area contributed by atoms with Crippen LogP contribution in [-0.2, 0) is 6.54 Å². The smallest absolute Gasteiger partial charge is 0.126 e. The normalized spacial score (nSPS) is 19.1. The van der Waals surface area contributed by atoms with Gasteiger partial charge in [-0.1, -0.05) is 6.07 Å². The molecule has 104 valence electrons.